The number of benzene rings is 1. The fourth-order valence-corrected chi connectivity index (χ4v) is 3.40. The van der Waals surface area contributed by atoms with Crippen LogP contribution in [0, 0.1) is 6.92 Å². The van der Waals surface area contributed by atoms with Gasteiger partial charge in [0.25, 0.3) is 0 Å². The van der Waals surface area contributed by atoms with Gasteiger partial charge in [-0.1, -0.05) is 18.7 Å². The molecule has 1 fully saturated rings. The summed E-state index contributed by atoms with van der Waals surface area (Å²) in [5.41, 5.74) is 5.94. The van der Waals surface area contributed by atoms with Crippen molar-refractivity contribution in [2.45, 2.75) is 32.3 Å². The molecule has 1 aliphatic rings. The zero-order chi connectivity index (χ0) is 16.7. The van der Waals surface area contributed by atoms with Crippen molar-refractivity contribution in [3.63, 3.8) is 0 Å². The van der Waals surface area contributed by atoms with Gasteiger partial charge in [-0.3, -0.25) is 0 Å². The highest BCUT2D eigenvalue weighted by Crippen LogP contribution is 2.31. The lowest BCUT2D eigenvalue weighted by Gasteiger charge is -2.25. The molecule has 0 spiro atoms. The molecule has 4 rings (SSSR count). The summed E-state index contributed by atoms with van der Waals surface area (Å²) < 4.78 is 8.03. The van der Waals surface area contributed by atoms with Crippen LogP contribution in [0.15, 0.2) is 43.1 Å². The first-order valence-corrected chi connectivity index (χ1v) is 8.52. The predicted molar refractivity (Wildman–Crippen MR) is 99.2 cm³/mol. The van der Waals surface area contributed by atoms with E-state index in [-0.39, 0.29) is 0 Å². The van der Waals surface area contributed by atoms with Gasteiger partial charge in [0, 0.05) is 41.5 Å². The molecule has 0 saturated heterocycles. The molecule has 24 heavy (non-hydrogen) atoms. The first-order valence-electron chi connectivity index (χ1n) is 8.52. The Kier molecular flexibility index (Phi) is 3.64. The van der Waals surface area contributed by atoms with E-state index in [4.69, 9.17) is 4.74 Å². The second-order valence-corrected chi connectivity index (χ2v) is 6.56. The number of nitrogens with zero attached hydrogens (tertiary/aromatic N) is 2. The molecule has 2 aromatic heterocycles. The summed E-state index contributed by atoms with van der Waals surface area (Å²) in [5.74, 6) is 0.730. The molecule has 0 radical (unpaired) electrons. The number of fused-ring (bicyclic) bond motifs is 1. The van der Waals surface area contributed by atoms with Crippen LogP contribution in [0.1, 0.15) is 30.5 Å². The van der Waals surface area contributed by atoms with Crippen molar-refractivity contribution < 1.29 is 4.74 Å². The van der Waals surface area contributed by atoms with E-state index in [1.807, 2.05) is 18.3 Å². The minimum absolute atomic E-state index is 0.364. The SMILES string of the molecule is C=Cc1c(C)c2ccc(-c3ccc(OC4CCC4)nc3)cc2n1C. The fraction of sp³-hybridized carbons (Fsp3) is 0.286. The Labute approximate surface area is 142 Å². The van der Waals surface area contributed by atoms with Crippen LogP contribution in [-0.4, -0.2) is 15.7 Å². The molecule has 0 bridgehead atoms. The highest BCUT2D eigenvalue weighted by atomic mass is 16.5. The molecule has 3 heteroatoms. The minimum atomic E-state index is 0.364. The Bertz CT molecular complexity index is 902. The fourth-order valence-electron chi connectivity index (χ4n) is 3.40. The van der Waals surface area contributed by atoms with Crippen molar-refractivity contribution in [1.82, 2.24) is 9.55 Å². The van der Waals surface area contributed by atoms with Gasteiger partial charge in [-0.05, 0) is 55.5 Å². The van der Waals surface area contributed by atoms with Crippen molar-refractivity contribution in [1.29, 1.82) is 0 Å². The van der Waals surface area contributed by atoms with E-state index in [9.17, 15) is 0 Å². The van der Waals surface area contributed by atoms with E-state index in [0.717, 1.165) is 24.3 Å². The first kappa shape index (κ1) is 15.0. The van der Waals surface area contributed by atoms with Crippen LogP contribution in [0.4, 0.5) is 0 Å². The van der Waals surface area contributed by atoms with Crippen LogP contribution in [0.5, 0.6) is 5.88 Å². The van der Waals surface area contributed by atoms with Gasteiger partial charge >= 0.3 is 0 Å². The number of rotatable bonds is 4. The van der Waals surface area contributed by atoms with Gasteiger partial charge in [-0.15, -0.1) is 0 Å². The number of pyridine rings is 1. The van der Waals surface area contributed by atoms with Crippen molar-refractivity contribution in [2.75, 3.05) is 0 Å². The zero-order valence-corrected chi connectivity index (χ0v) is 14.2. The van der Waals surface area contributed by atoms with Crippen molar-refractivity contribution in [3.8, 4) is 17.0 Å². The smallest absolute Gasteiger partial charge is 0.213 e. The summed E-state index contributed by atoms with van der Waals surface area (Å²) in [6.07, 6.45) is 7.76. The molecule has 1 aliphatic carbocycles. The highest BCUT2D eigenvalue weighted by molar-refractivity contribution is 5.91. The summed E-state index contributed by atoms with van der Waals surface area (Å²) in [6, 6.07) is 10.6. The molecule has 1 aromatic carbocycles. The van der Waals surface area contributed by atoms with Gasteiger partial charge in [0.2, 0.25) is 5.88 Å². The van der Waals surface area contributed by atoms with Crippen LogP contribution in [-0.2, 0) is 7.05 Å². The van der Waals surface area contributed by atoms with E-state index in [0.29, 0.717) is 6.10 Å². The zero-order valence-electron chi connectivity index (χ0n) is 14.2. The summed E-state index contributed by atoms with van der Waals surface area (Å²) in [7, 11) is 2.09. The largest absolute Gasteiger partial charge is 0.474 e. The average Bonchev–Trinajstić information content (AvgIpc) is 2.82. The Hall–Kier alpha value is -2.55. The predicted octanol–water partition coefficient (Wildman–Crippen LogP) is 5.12. The number of hydrogen-bond donors (Lipinski definition) is 0. The van der Waals surface area contributed by atoms with Crippen LogP contribution < -0.4 is 4.74 Å². The van der Waals surface area contributed by atoms with E-state index < -0.39 is 0 Å². The average molecular weight is 318 g/mol. The standard InChI is InChI=1S/C21H22N2O/c1-4-19-14(2)18-10-8-15(12-20(18)23(19)3)16-9-11-21(22-13-16)24-17-6-5-7-17/h4,8-13,17H,1,5-7H2,2-3H3. The maximum atomic E-state index is 5.84. The summed E-state index contributed by atoms with van der Waals surface area (Å²) >= 11 is 0. The van der Waals surface area contributed by atoms with E-state index in [1.54, 1.807) is 0 Å². The summed E-state index contributed by atoms with van der Waals surface area (Å²) in [5, 5.41) is 1.27. The van der Waals surface area contributed by atoms with Crippen molar-refractivity contribution in [2.24, 2.45) is 7.05 Å². The highest BCUT2D eigenvalue weighted by Gasteiger charge is 2.19. The van der Waals surface area contributed by atoms with E-state index in [2.05, 4.69) is 54.4 Å². The van der Waals surface area contributed by atoms with Gasteiger partial charge in [0.05, 0.1) is 0 Å². The minimum Gasteiger partial charge on any atom is -0.474 e. The Morgan fingerprint density at radius 3 is 2.62 bits per heavy atom. The molecular formula is C21H22N2O. The van der Waals surface area contributed by atoms with Crippen molar-refractivity contribution in [3.05, 3.63) is 54.4 Å². The molecule has 0 amide bonds. The quantitative estimate of drug-likeness (QED) is 0.667. The molecule has 2 heterocycles. The molecular weight excluding hydrogens is 296 g/mol. The van der Waals surface area contributed by atoms with E-state index >= 15 is 0 Å². The maximum Gasteiger partial charge on any atom is 0.213 e. The second kappa shape index (κ2) is 5.82. The molecule has 0 N–H and O–H groups in total. The van der Waals surface area contributed by atoms with Crippen LogP contribution in [0.3, 0.4) is 0 Å². The third-order valence-corrected chi connectivity index (χ3v) is 5.11. The third-order valence-electron chi connectivity index (χ3n) is 5.11. The normalized spacial score (nSPS) is 14.6. The number of aromatic nitrogens is 2. The van der Waals surface area contributed by atoms with Gasteiger partial charge in [-0.2, -0.15) is 0 Å². The van der Waals surface area contributed by atoms with Crippen LogP contribution in [0.2, 0.25) is 0 Å². The topological polar surface area (TPSA) is 27.1 Å². The summed E-state index contributed by atoms with van der Waals surface area (Å²) in [4.78, 5) is 4.47. The van der Waals surface area contributed by atoms with Gasteiger partial charge in [0.1, 0.15) is 6.10 Å². The molecule has 0 aliphatic heterocycles. The molecule has 1 saturated carbocycles. The lowest BCUT2D eigenvalue weighted by atomic mass is 9.96. The number of aryl methyl sites for hydroxylation is 2. The van der Waals surface area contributed by atoms with Gasteiger partial charge in [0.15, 0.2) is 0 Å². The van der Waals surface area contributed by atoms with Gasteiger partial charge < -0.3 is 9.30 Å². The second-order valence-electron chi connectivity index (χ2n) is 6.56. The molecule has 3 nitrogen and oxygen atoms in total. The summed E-state index contributed by atoms with van der Waals surface area (Å²) in [6.45, 7) is 6.07. The van der Waals surface area contributed by atoms with Gasteiger partial charge in [-0.25, -0.2) is 4.98 Å². The third kappa shape index (κ3) is 2.41. The molecule has 0 atom stereocenters. The van der Waals surface area contributed by atoms with Crippen molar-refractivity contribution >= 4 is 17.0 Å². The maximum absolute atomic E-state index is 5.84. The van der Waals surface area contributed by atoms with Crippen LogP contribution >= 0.6 is 0 Å². The molecule has 0 unspecified atom stereocenters. The Morgan fingerprint density at radius 2 is 2.00 bits per heavy atom. The molecule has 122 valence electrons. The Morgan fingerprint density at radius 1 is 1.21 bits per heavy atom. The lowest BCUT2D eigenvalue weighted by molar-refractivity contribution is 0.114. The Balaban J connectivity index is 1.68. The van der Waals surface area contributed by atoms with E-state index in [1.165, 1.54) is 34.1 Å². The number of hydrogen-bond acceptors (Lipinski definition) is 2. The molecule has 3 aromatic rings. The van der Waals surface area contributed by atoms with Crippen LogP contribution in [0.25, 0.3) is 28.1 Å². The first-order chi connectivity index (χ1) is 11.7. The lowest BCUT2D eigenvalue weighted by Crippen LogP contribution is -2.24. The monoisotopic (exact) mass is 318 g/mol. The number of ether oxygens (including phenoxy) is 1.